The Morgan fingerprint density at radius 2 is 2.04 bits per heavy atom. The first-order chi connectivity index (χ1) is 11.1. The van der Waals surface area contributed by atoms with Gasteiger partial charge >= 0.3 is 0 Å². The molecule has 0 spiro atoms. The molecule has 6 nitrogen and oxygen atoms in total. The Labute approximate surface area is 132 Å². The molecule has 1 aliphatic heterocycles. The van der Waals surface area contributed by atoms with E-state index < -0.39 is 4.92 Å². The molecule has 1 heterocycles. The maximum atomic E-state index is 12.6. The molecule has 0 bridgehead atoms. The molecule has 3 rings (SSSR count). The molecule has 0 aliphatic carbocycles. The highest BCUT2D eigenvalue weighted by molar-refractivity contribution is 6.12. The van der Waals surface area contributed by atoms with Crippen LogP contribution in [0.4, 0.5) is 5.69 Å². The zero-order chi connectivity index (χ0) is 16.4. The predicted molar refractivity (Wildman–Crippen MR) is 82.9 cm³/mol. The molecule has 0 amide bonds. The number of epoxide rings is 1. The molecular weight excluding hydrogens is 298 g/mol. The number of carbonyl (C=O) groups is 1. The first-order valence-corrected chi connectivity index (χ1v) is 7.19. The van der Waals surface area contributed by atoms with Gasteiger partial charge in [-0.1, -0.05) is 24.3 Å². The number of carbonyl (C=O) groups excluding carboxylic acids is 1. The van der Waals surface area contributed by atoms with Crippen molar-refractivity contribution in [1.29, 1.82) is 0 Å². The highest BCUT2D eigenvalue weighted by atomic mass is 16.6. The molecule has 0 radical (unpaired) electrons. The van der Waals surface area contributed by atoms with Crippen molar-refractivity contribution in [3.05, 3.63) is 69.3 Å². The predicted octanol–water partition coefficient (Wildman–Crippen LogP) is 2.91. The third-order valence-electron chi connectivity index (χ3n) is 3.64. The van der Waals surface area contributed by atoms with Gasteiger partial charge in [-0.15, -0.1) is 0 Å². The van der Waals surface area contributed by atoms with Gasteiger partial charge < -0.3 is 9.47 Å². The van der Waals surface area contributed by atoms with Gasteiger partial charge in [0.25, 0.3) is 5.69 Å². The van der Waals surface area contributed by atoms with Gasteiger partial charge in [-0.3, -0.25) is 14.9 Å². The molecule has 1 atom stereocenters. The normalized spacial score (nSPS) is 16.0. The second-order valence-electron chi connectivity index (χ2n) is 5.35. The summed E-state index contributed by atoms with van der Waals surface area (Å²) in [5.74, 6) is -0.0135. The fourth-order valence-corrected chi connectivity index (χ4v) is 2.27. The van der Waals surface area contributed by atoms with E-state index in [4.69, 9.17) is 9.47 Å². The van der Waals surface area contributed by atoms with Crippen LogP contribution in [0.3, 0.4) is 0 Å². The summed E-state index contributed by atoms with van der Waals surface area (Å²) < 4.78 is 10.5. The maximum absolute atomic E-state index is 12.6. The van der Waals surface area contributed by atoms with E-state index in [1.54, 1.807) is 31.2 Å². The largest absolute Gasteiger partial charge is 0.491 e. The Bertz CT molecular complexity index is 767. The lowest BCUT2D eigenvalue weighted by atomic mass is 9.98. The Hall–Kier alpha value is -2.73. The Morgan fingerprint density at radius 1 is 1.30 bits per heavy atom. The van der Waals surface area contributed by atoms with Crippen LogP contribution in [0.5, 0.6) is 5.75 Å². The van der Waals surface area contributed by atoms with Crippen molar-refractivity contribution in [2.75, 3.05) is 13.2 Å². The number of rotatable bonds is 6. The summed E-state index contributed by atoms with van der Waals surface area (Å²) in [6.07, 6.45) is 0.0577. The monoisotopic (exact) mass is 313 g/mol. The summed E-state index contributed by atoms with van der Waals surface area (Å²) >= 11 is 0. The highest BCUT2D eigenvalue weighted by Gasteiger charge is 2.25. The summed E-state index contributed by atoms with van der Waals surface area (Å²) in [5.41, 5.74) is 1.03. The molecule has 0 N–H and O–H groups in total. The molecule has 2 aromatic rings. The molecule has 0 aromatic heterocycles. The first kappa shape index (κ1) is 15.2. The molecule has 1 fully saturated rings. The smallest absolute Gasteiger partial charge is 0.284 e. The number of ether oxygens (including phenoxy) is 2. The Kier molecular flexibility index (Phi) is 4.08. The molecule has 1 saturated heterocycles. The summed E-state index contributed by atoms with van der Waals surface area (Å²) in [6.45, 7) is 2.79. The topological polar surface area (TPSA) is 82.0 Å². The average Bonchev–Trinajstić information content (AvgIpc) is 3.37. The van der Waals surface area contributed by atoms with Crippen LogP contribution in [0.25, 0.3) is 0 Å². The molecular formula is C17H15NO5. The fraction of sp³-hybridized carbons (Fsp3) is 0.235. The standard InChI is InChI=1S/C17H15NO5/c1-11-4-2-3-5-14(11)17(19)15-7-6-12(8-16(15)18(20)21)22-9-13-10-23-13/h2-8,13H,9-10H2,1H3. The van der Waals surface area contributed by atoms with E-state index >= 15 is 0 Å². The van der Waals surface area contributed by atoms with Crippen molar-refractivity contribution in [1.82, 2.24) is 0 Å². The maximum Gasteiger partial charge on any atom is 0.284 e. The van der Waals surface area contributed by atoms with Crippen molar-refractivity contribution in [2.24, 2.45) is 0 Å². The molecule has 1 aliphatic rings. The van der Waals surface area contributed by atoms with Gasteiger partial charge in [-0.25, -0.2) is 0 Å². The minimum Gasteiger partial charge on any atom is -0.491 e. The number of nitro groups is 1. The van der Waals surface area contributed by atoms with Crippen LogP contribution in [-0.4, -0.2) is 30.0 Å². The first-order valence-electron chi connectivity index (χ1n) is 7.19. The van der Waals surface area contributed by atoms with Crippen LogP contribution in [-0.2, 0) is 4.74 Å². The van der Waals surface area contributed by atoms with Crippen LogP contribution in [0, 0.1) is 17.0 Å². The molecule has 118 valence electrons. The van der Waals surface area contributed by atoms with Crippen LogP contribution in [0.2, 0.25) is 0 Å². The lowest BCUT2D eigenvalue weighted by Crippen LogP contribution is -2.08. The summed E-state index contributed by atoms with van der Waals surface area (Å²) in [5, 5.41) is 11.3. The molecule has 2 aromatic carbocycles. The Balaban J connectivity index is 1.92. The minimum absolute atomic E-state index is 0.0549. The van der Waals surface area contributed by atoms with Crippen LogP contribution >= 0.6 is 0 Å². The summed E-state index contributed by atoms with van der Waals surface area (Å²) in [7, 11) is 0. The van der Waals surface area contributed by atoms with E-state index in [9.17, 15) is 14.9 Å². The van der Waals surface area contributed by atoms with Gasteiger partial charge in [0.2, 0.25) is 0 Å². The van der Waals surface area contributed by atoms with Crippen molar-refractivity contribution in [3.63, 3.8) is 0 Å². The summed E-state index contributed by atoms with van der Waals surface area (Å²) in [4.78, 5) is 23.4. The average molecular weight is 313 g/mol. The second kappa shape index (κ2) is 6.18. The third-order valence-corrected chi connectivity index (χ3v) is 3.64. The SMILES string of the molecule is Cc1ccccc1C(=O)c1ccc(OCC2CO2)cc1[N+](=O)[O-]. The van der Waals surface area contributed by atoms with E-state index in [1.165, 1.54) is 12.1 Å². The van der Waals surface area contributed by atoms with Crippen LogP contribution in [0.15, 0.2) is 42.5 Å². The van der Waals surface area contributed by atoms with Gasteiger partial charge in [0.1, 0.15) is 24.0 Å². The number of benzene rings is 2. The second-order valence-corrected chi connectivity index (χ2v) is 5.35. The number of hydrogen-bond acceptors (Lipinski definition) is 5. The van der Waals surface area contributed by atoms with Crippen molar-refractivity contribution in [2.45, 2.75) is 13.0 Å². The van der Waals surface area contributed by atoms with Crippen molar-refractivity contribution in [3.8, 4) is 5.75 Å². The van der Waals surface area contributed by atoms with E-state index in [1.807, 2.05) is 6.07 Å². The van der Waals surface area contributed by atoms with Gasteiger partial charge in [0, 0.05) is 5.56 Å². The molecule has 23 heavy (non-hydrogen) atoms. The number of ketones is 1. The molecule has 0 saturated carbocycles. The number of hydrogen-bond donors (Lipinski definition) is 0. The number of aryl methyl sites for hydroxylation is 1. The number of nitrogens with zero attached hydrogens (tertiary/aromatic N) is 1. The zero-order valence-electron chi connectivity index (χ0n) is 12.5. The van der Waals surface area contributed by atoms with E-state index in [-0.39, 0.29) is 23.1 Å². The number of nitro benzene ring substituents is 1. The van der Waals surface area contributed by atoms with Gasteiger partial charge in [-0.05, 0) is 24.6 Å². The van der Waals surface area contributed by atoms with Crippen LogP contribution in [0.1, 0.15) is 21.5 Å². The van der Waals surface area contributed by atoms with Gasteiger partial charge in [0.15, 0.2) is 5.78 Å². The third kappa shape index (κ3) is 3.37. The van der Waals surface area contributed by atoms with Crippen molar-refractivity contribution >= 4 is 11.5 Å². The Morgan fingerprint density at radius 3 is 2.70 bits per heavy atom. The lowest BCUT2D eigenvalue weighted by Gasteiger charge is -2.08. The quantitative estimate of drug-likeness (QED) is 0.354. The van der Waals surface area contributed by atoms with E-state index in [2.05, 4.69) is 0 Å². The lowest BCUT2D eigenvalue weighted by molar-refractivity contribution is -0.385. The van der Waals surface area contributed by atoms with Gasteiger partial charge in [-0.2, -0.15) is 0 Å². The fourth-order valence-electron chi connectivity index (χ4n) is 2.27. The van der Waals surface area contributed by atoms with E-state index in [0.717, 1.165) is 5.56 Å². The zero-order valence-corrected chi connectivity index (χ0v) is 12.5. The summed E-state index contributed by atoms with van der Waals surface area (Å²) in [6, 6.07) is 11.3. The molecule has 1 unspecified atom stereocenters. The van der Waals surface area contributed by atoms with Gasteiger partial charge in [0.05, 0.1) is 17.6 Å². The van der Waals surface area contributed by atoms with Crippen molar-refractivity contribution < 1.29 is 19.2 Å². The van der Waals surface area contributed by atoms with Crippen LogP contribution < -0.4 is 4.74 Å². The minimum atomic E-state index is -0.564. The molecule has 6 heteroatoms. The van der Waals surface area contributed by atoms with E-state index in [0.29, 0.717) is 24.5 Å². The highest BCUT2D eigenvalue weighted by Crippen LogP contribution is 2.28.